The van der Waals surface area contributed by atoms with Crippen LogP contribution in [0.5, 0.6) is 0 Å². The Bertz CT molecular complexity index is 1010. The van der Waals surface area contributed by atoms with Gasteiger partial charge in [-0.15, -0.1) is 0 Å². The Hall–Kier alpha value is -3.47. The molecule has 2 aromatic rings. The molecule has 0 radical (unpaired) electrons. The molecule has 8 nitrogen and oxygen atoms in total. The molecule has 2 aromatic heterocycles. The zero-order valence-corrected chi connectivity index (χ0v) is 16.4. The molecule has 1 aliphatic heterocycles. The Balaban J connectivity index is 1.55. The number of pyridine rings is 2. The van der Waals surface area contributed by atoms with Crippen molar-refractivity contribution in [1.29, 1.82) is 5.26 Å². The zero-order chi connectivity index (χ0) is 20.6. The van der Waals surface area contributed by atoms with Crippen molar-refractivity contribution in [2.24, 2.45) is 11.3 Å². The van der Waals surface area contributed by atoms with Gasteiger partial charge in [0.05, 0.1) is 6.07 Å². The average Bonchev–Trinajstić information content (AvgIpc) is 3.52. The van der Waals surface area contributed by atoms with E-state index >= 15 is 0 Å². The molecule has 0 aromatic carbocycles. The molecule has 3 heterocycles. The highest BCUT2D eigenvalue weighted by Gasteiger charge is 2.56. The van der Waals surface area contributed by atoms with Crippen molar-refractivity contribution in [3.8, 4) is 6.07 Å². The summed E-state index contributed by atoms with van der Waals surface area (Å²) >= 11 is 0. The van der Waals surface area contributed by atoms with Crippen molar-refractivity contribution in [1.82, 2.24) is 9.97 Å². The van der Waals surface area contributed by atoms with E-state index in [1.165, 1.54) is 11.8 Å². The van der Waals surface area contributed by atoms with Gasteiger partial charge in [-0.05, 0) is 43.4 Å². The minimum atomic E-state index is -0.871. The molecule has 2 aliphatic rings. The summed E-state index contributed by atoms with van der Waals surface area (Å²) in [6.07, 6.45) is 4.10. The van der Waals surface area contributed by atoms with Gasteiger partial charge in [-0.3, -0.25) is 9.59 Å². The molecule has 1 N–H and O–H groups in total. The quantitative estimate of drug-likeness (QED) is 0.842. The predicted molar refractivity (Wildman–Crippen MR) is 109 cm³/mol. The van der Waals surface area contributed by atoms with Crippen LogP contribution in [0.3, 0.4) is 0 Å². The number of nitrogens with zero attached hydrogens (tertiary/aromatic N) is 5. The summed E-state index contributed by atoms with van der Waals surface area (Å²) in [7, 11) is 1.66. The molecule has 8 heteroatoms. The Kier molecular flexibility index (Phi) is 4.66. The Morgan fingerprint density at radius 2 is 2.14 bits per heavy atom. The third kappa shape index (κ3) is 3.40. The number of hydrogen-bond acceptors (Lipinski definition) is 6. The molecule has 1 aliphatic carbocycles. The third-order valence-corrected chi connectivity index (χ3v) is 5.69. The fourth-order valence-electron chi connectivity index (χ4n) is 3.76. The van der Waals surface area contributed by atoms with Gasteiger partial charge in [-0.1, -0.05) is 6.07 Å². The molecule has 1 saturated heterocycles. The van der Waals surface area contributed by atoms with Gasteiger partial charge in [0.25, 0.3) is 0 Å². The number of anilines is 4. The number of aromatic nitrogens is 2. The molecule has 2 fully saturated rings. The summed E-state index contributed by atoms with van der Waals surface area (Å²) in [5, 5.41) is 12.8. The second-order valence-corrected chi connectivity index (χ2v) is 7.55. The Morgan fingerprint density at radius 1 is 1.34 bits per heavy atom. The molecule has 1 atom stereocenters. The lowest BCUT2D eigenvalue weighted by Gasteiger charge is -2.21. The minimum Gasteiger partial charge on any atom is -0.325 e. The van der Waals surface area contributed by atoms with Crippen LogP contribution in [0.2, 0.25) is 0 Å². The standard InChI is InChI=1S/C21H22N6O2/c1-14(28)26(2)19-5-3-4-17(25-19)24-18-12-16(8-10-23-18)27-11-9-21(13-22,20(27)29)15-6-7-15/h3-5,8,10,12,15H,6-7,9,11H2,1-2H3,(H,23,24,25)/t21-/m1/s1. The van der Waals surface area contributed by atoms with Gasteiger partial charge in [0.2, 0.25) is 11.8 Å². The van der Waals surface area contributed by atoms with Crippen LogP contribution in [0.25, 0.3) is 0 Å². The van der Waals surface area contributed by atoms with E-state index in [1.54, 1.807) is 48.5 Å². The van der Waals surface area contributed by atoms with E-state index in [0.717, 1.165) is 12.8 Å². The predicted octanol–water partition coefficient (Wildman–Crippen LogP) is 2.86. The number of amides is 2. The van der Waals surface area contributed by atoms with Crippen molar-refractivity contribution in [2.45, 2.75) is 26.2 Å². The Labute approximate surface area is 169 Å². The van der Waals surface area contributed by atoms with Crippen LogP contribution in [-0.2, 0) is 9.59 Å². The first-order chi connectivity index (χ1) is 13.9. The summed E-state index contributed by atoms with van der Waals surface area (Å²) < 4.78 is 0. The highest BCUT2D eigenvalue weighted by molar-refractivity contribution is 6.02. The first kappa shape index (κ1) is 18.9. The number of rotatable bonds is 5. The monoisotopic (exact) mass is 390 g/mol. The van der Waals surface area contributed by atoms with E-state index < -0.39 is 5.41 Å². The SMILES string of the molecule is CC(=O)N(C)c1cccc(Nc2cc(N3CC[C@@](C#N)(C4CC4)C3=O)ccn2)n1. The Morgan fingerprint density at radius 3 is 2.83 bits per heavy atom. The van der Waals surface area contributed by atoms with Crippen LogP contribution in [0, 0.1) is 22.7 Å². The molecule has 4 rings (SSSR count). The lowest BCUT2D eigenvalue weighted by atomic mass is 9.83. The third-order valence-electron chi connectivity index (χ3n) is 5.69. The lowest BCUT2D eigenvalue weighted by molar-refractivity contribution is -0.123. The van der Waals surface area contributed by atoms with Crippen LogP contribution < -0.4 is 15.1 Å². The van der Waals surface area contributed by atoms with Crippen LogP contribution in [-0.4, -0.2) is 35.4 Å². The second kappa shape index (κ2) is 7.17. The minimum absolute atomic E-state index is 0.108. The van der Waals surface area contributed by atoms with Crippen molar-refractivity contribution >= 4 is 35.0 Å². The van der Waals surface area contributed by atoms with Crippen LogP contribution in [0.1, 0.15) is 26.2 Å². The maximum Gasteiger partial charge on any atom is 0.247 e. The normalized spacial score (nSPS) is 21.0. The molecular weight excluding hydrogens is 368 g/mol. The van der Waals surface area contributed by atoms with E-state index in [2.05, 4.69) is 21.4 Å². The van der Waals surface area contributed by atoms with E-state index in [9.17, 15) is 14.9 Å². The average molecular weight is 390 g/mol. The molecule has 2 amide bonds. The molecular formula is C21H22N6O2. The van der Waals surface area contributed by atoms with Gasteiger partial charge < -0.3 is 15.1 Å². The van der Waals surface area contributed by atoms with Crippen molar-refractivity contribution in [3.05, 3.63) is 36.5 Å². The summed E-state index contributed by atoms with van der Waals surface area (Å²) in [5.74, 6) is 1.57. The van der Waals surface area contributed by atoms with Gasteiger partial charge in [0.1, 0.15) is 22.9 Å². The first-order valence-electron chi connectivity index (χ1n) is 9.62. The summed E-state index contributed by atoms with van der Waals surface area (Å²) in [4.78, 5) is 36.4. The topological polar surface area (TPSA) is 102 Å². The molecule has 0 unspecified atom stereocenters. The number of carbonyl (C=O) groups excluding carboxylic acids is 2. The molecule has 148 valence electrons. The highest BCUT2D eigenvalue weighted by atomic mass is 16.2. The number of nitrogens with one attached hydrogen (secondary N) is 1. The second-order valence-electron chi connectivity index (χ2n) is 7.55. The molecule has 1 saturated carbocycles. The zero-order valence-electron chi connectivity index (χ0n) is 16.4. The van der Waals surface area contributed by atoms with Gasteiger partial charge in [0, 0.05) is 38.5 Å². The smallest absolute Gasteiger partial charge is 0.247 e. The first-order valence-corrected chi connectivity index (χ1v) is 9.62. The fourth-order valence-corrected chi connectivity index (χ4v) is 3.76. The van der Waals surface area contributed by atoms with Crippen molar-refractivity contribution in [3.63, 3.8) is 0 Å². The number of carbonyl (C=O) groups is 2. The van der Waals surface area contributed by atoms with Crippen LogP contribution >= 0.6 is 0 Å². The highest BCUT2D eigenvalue weighted by Crippen LogP contribution is 2.51. The number of nitriles is 1. The van der Waals surface area contributed by atoms with E-state index in [1.807, 2.05) is 0 Å². The van der Waals surface area contributed by atoms with Crippen molar-refractivity contribution < 1.29 is 9.59 Å². The fraction of sp³-hybridized carbons (Fsp3) is 0.381. The maximum atomic E-state index is 13.0. The van der Waals surface area contributed by atoms with E-state index in [4.69, 9.17) is 0 Å². The number of hydrogen-bond donors (Lipinski definition) is 1. The van der Waals surface area contributed by atoms with E-state index in [-0.39, 0.29) is 17.7 Å². The van der Waals surface area contributed by atoms with Gasteiger partial charge >= 0.3 is 0 Å². The van der Waals surface area contributed by atoms with Crippen LogP contribution in [0.4, 0.5) is 23.1 Å². The largest absolute Gasteiger partial charge is 0.325 e. The van der Waals surface area contributed by atoms with Gasteiger partial charge in [0.15, 0.2) is 0 Å². The summed E-state index contributed by atoms with van der Waals surface area (Å²) in [5.41, 5.74) is -0.161. The van der Waals surface area contributed by atoms with Crippen LogP contribution in [0.15, 0.2) is 36.5 Å². The van der Waals surface area contributed by atoms with Gasteiger partial charge in [-0.25, -0.2) is 9.97 Å². The summed E-state index contributed by atoms with van der Waals surface area (Å²) in [6.45, 7) is 2.01. The summed E-state index contributed by atoms with van der Waals surface area (Å²) in [6, 6.07) is 11.2. The van der Waals surface area contributed by atoms with Crippen molar-refractivity contribution in [2.75, 3.05) is 28.7 Å². The van der Waals surface area contributed by atoms with Gasteiger partial charge in [-0.2, -0.15) is 5.26 Å². The molecule has 0 bridgehead atoms. The van der Waals surface area contributed by atoms with E-state index in [0.29, 0.717) is 36.1 Å². The maximum absolute atomic E-state index is 13.0. The molecule has 0 spiro atoms. The molecule has 29 heavy (non-hydrogen) atoms. The lowest BCUT2D eigenvalue weighted by Crippen LogP contribution is -2.35.